The summed E-state index contributed by atoms with van der Waals surface area (Å²) in [6.45, 7) is 0.307. The van der Waals surface area contributed by atoms with Crippen molar-refractivity contribution in [2.45, 2.75) is 6.54 Å². The van der Waals surface area contributed by atoms with Crippen molar-refractivity contribution in [3.05, 3.63) is 71.9 Å². The molecule has 0 aliphatic rings. The molecule has 3 nitrogen and oxygen atoms in total. The molecule has 0 aliphatic carbocycles. The summed E-state index contributed by atoms with van der Waals surface area (Å²) in [5.74, 6) is 0.0440. The highest BCUT2D eigenvalue weighted by atomic mass is 79.9. The SMILES string of the molecule is O=C(C[n+]1cccc2ccccc21)c1nc2ccccc2s1.[Br-]. The second-order valence-corrected chi connectivity index (χ2v) is 6.14. The third kappa shape index (κ3) is 3.02. The highest BCUT2D eigenvalue weighted by Gasteiger charge is 2.18. The molecule has 0 fully saturated rings. The van der Waals surface area contributed by atoms with E-state index in [1.807, 2.05) is 71.4 Å². The maximum atomic E-state index is 12.6. The van der Waals surface area contributed by atoms with Crippen LogP contribution in [0.4, 0.5) is 0 Å². The minimum Gasteiger partial charge on any atom is -1.00 e. The smallest absolute Gasteiger partial charge is 0.255 e. The number of halogens is 1. The van der Waals surface area contributed by atoms with Crippen molar-refractivity contribution in [3.8, 4) is 0 Å². The zero-order valence-corrected chi connectivity index (χ0v) is 14.5. The number of hydrogen-bond acceptors (Lipinski definition) is 3. The molecular weight excluding hydrogens is 372 g/mol. The maximum absolute atomic E-state index is 12.6. The van der Waals surface area contributed by atoms with Crippen LogP contribution in [0.25, 0.3) is 21.1 Å². The molecule has 0 saturated carbocycles. The number of pyridine rings is 1. The van der Waals surface area contributed by atoms with Crippen LogP contribution in [0.2, 0.25) is 0 Å². The number of fused-ring (bicyclic) bond motifs is 2. The third-order valence-electron chi connectivity index (χ3n) is 3.63. The van der Waals surface area contributed by atoms with Gasteiger partial charge in [0.15, 0.2) is 11.2 Å². The minimum absolute atomic E-state index is 0. The van der Waals surface area contributed by atoms with Crippen LogP contribution >= 0.6 is 11.3 Å². The Balaban J connectivity index is 0.00000156. The van der Waals surface area contributed by atoms with E-state index < -0.39 is 0 Å². The average molecular weight is 385 g/mol. The van der Waals surface area contributed by atoms with Crippen LogP contribution in [0.1, 0.15) is 9.80 Å². The van der Waals surface area contributed by atoms with Crippen molar-refractivity contribution in [2.24, 2.45) is 0 Å². The van der Waals surface area contributed by atoms with Gasteiger partial charge in [-0.3, -0.25) is 4.79 Å². The van der Waals surface area contributed by atoms with Crippen LogP contribution in [0.5, 0.6) is 0 Å². The number of carbonyl (C=O) groups excluding carboxylic acids is 1. The van der Waals surface area contributed by atoms with Crippen molar-refractivity contribution in [1.82, 2.24) is 4.98 Å². The van der Waals surface area contributed by atoms with Crippen molar-refractivity contribution in [3.63, 3.8) is 0 Å². The van der Waals surface area contributed by atoms with Gasteiger partial charge in [0.1, 0.15) is 0 Å². The molecule has 0 aliphatic heterocycles. The Labute approximate surface area is 148 Å². The van der Waals surface area contributed by atoms with Gasteiger partial charge in [0.05, 0.1) is 10.2 Å². The normalized spacial score (nSPS) is 10.6. The molecule has 2 heterocycles. The molecule has 0 unspecified atom stereocenters. The zero-order chi connectivity index (χ0) is 14.9. The Hall–Kier alpha value is -2.11. The van der Waals surface area contributed by atoms with Gasteiger partial charge in [0, 0.05) is 17.5 Å². The summed E-state index contributed by atoms with van der Waals surface area (Å²) in [4.78, 5) is 17.0. The van der Waals surface area contributed by atoms with Crippen molar-refractivity contribution >= 4 is 38.2 Å². The first kappa shape index (κ1) is 15.8. The summed E-state index contributed by atoms with van der Waals surface area (Å²) >= 11 is 1.46. The summed E-state index contributed by atoms with van der Waals surface area (Å²) in [5, 5.41) is 1.70. The summed E-state index contributed by atoms with van der Waals surface area (Å²) < 4.78 is 3.03. The molecule has 5 heteroatoms. The monoisotopic (exact) mass is 384 g/mol. The number of ketones is 1. The fourth-order valence-electron chi connectivity index (χ4n) is 2.57. The van der Waals surface area contributed by atoms with Gasteiger partial charge in [-0.15, -0.1) is 11.3 Å². The molecule has 0 N–H and O–H groups in total. The van der Waals surface area contributed by atoms with E-state index in [2.05, 4.69) is 4.98 Å². The molecule has 114 valence electrons. The maximum Gasteiger partial charge on any atom is 0.255 e. The van der Waals surface area contributed by atoms with Crippen molar-refractivity contribution in [1.29, 1.82) is 0 Å². The first-order valence-electron chi connectivity index (χ1n) is 7.07. The van der Waals surface area contributed by atoms with Gasteiger partial charge < -0.3 is 17.0 Å². The second kappa shape index (κ2) is 6.56. The second-order valence-electron chi connectivity index (χ2n) is 5.10. The van der Waals surface area contributed by atoms with E-state index in [9.17, 15) is 4.79 Å². The van der Waals surface area contributed by atoms with E-state index in [1.54, 1.807) is 0 Å². The molecule has 2 aromatic heterocycles. The standard InChI is InChI=1S/C18H13N2OS.BrH/c21-16(18-19-14-8-2-4-10-17(14)22-18)12-20-11-5-7-13-6-1-3-9-15(13)20;/h1-11H,12H2;1H/q+1;/p-1. The first-order valence-corrected chi connectivity index (χ1v) is 7.89. The van der Waals surface area contributed by atoms with Crippen LogP contribution < -0.4 is 21.5 Å². The Kier molecular flexibility index (Phi) is 4.50. The van der Waals surface area contributed by atoms with Crippen molar-refractivity contribution < 1.29 is 26.3 Å². The fraction of sp³-hybridized carbons (Fsp3) is 0.0556. The molecule has 0 bridgehead atoms. The number of rotatable bonds is 3. The van der Waals surface area contributed by atoms with Crippen molar-refractivity contribution in [2.75, 3.05) is 0 Å². The number of benzene rings is 2. The number of carbonyl (C=O) groups is 1. The van der Waals surface area contributed by atoms with E-state index in [4.69, 9.17) is 0 Å². The quantitative estimate of drug-likeness (QED) is 0.383. The largest absolute Gasteiger partial charge is 1.00 e. The number of hydrogen-bond donors (Lipinski definition) is 0. The van der Waals surface area contributed by atoms with Gasteiger partial charge in [-0.05, 0) is 24.3 Å². The molecule has 23 heavy (non-hydrogen) atoms. The third-order valence-corrected chi connectivity index (χ3v) is 4.71. The Morgan fingerprint density at radius 2 is 1.74 bits per heavy atom. The lowest BCUT2D eigenvalue weighted by atomic mass is 10.2. The lowest BCUT2D eigenvalue weighted by molar-refractivity contribution is -0.657. The summed E-state index contributed by atoms with van der Waals surface area (Å²) in [5.41, 5.74) is 1.94. The molecule has 0 radical (unpaired) electrons. The molecule has 0 spiro atoms. The number of para-hydroxylation sites is 2. The minimum atomic E-state index is 0. The molecule has 0 saturated heterocycles. The Morgan fingerprint density at radius 1 is 1.00 bits per heavy atom. The van der Waals surface area contributed by atoms with Gasteiger partial charge >= 0.3 is 0 Å². The topological polar surface area (TPSA) is 33.8 Å². The van der Waals surface area contributed by atoms with Crippen LogP contribution in [0.3, 0.4) is 0 Å². The molecular formula is C18H13BrN2OS. The zero-order valence-electron chi connectivity index (χ0n) is 12.1. The molecule has 4 aromatic rings. The van der Waals surface area contributed by atoms with Crippen LogP contribution in [0.15, 0.2) is 66.9 Å². The van der Waals surface area contributed by atoms with E-state index >= 15 is 0 Å². The lowest BCUT2D eigenvalue weighted by Gasteiger charge is -1.99. The Morgan fingerprint density at radius 3 is 2.61 bits per heavy atom. The summed E-state index contributed by atoms with van der Waals surface area (Å²) in [6.07, 6.45) is 1.94. The van der Waals surface area contributed by atoms with Gasteiger partial charge in [-0.1, -0.05) is 24.3 Å². The molecule has 0 atom stereocenters. The summed E-state index contributed by atoms with van der Waals surface area (Å²) in [7, 11) is 0. The van der Waals surface area contributed by atoms with E-state index in [0.717, 1.165) is 21.1 Å². The number of Topliss-reactive ketones (excluding diaryl/α,β-unsaturated/α-hetero) is 1. The molecule has 4 rings (SSSR count). The van der Waals surface area contributed by atoms with Crippen LogP contribution in [-0.4, -0.2) is 10.8 Å². The van der Waals surface area contributed by atoms with Crippen LogP contribution in [-0.2, 0) is 6.54 Å². The van der Waals surface area contributed by atoms with Gasteiger partial charge in [0.2, 0.25) is 12.1 Å². The summed E-state index contributed by atoms with van der Waals surface area (Å²) in [6, 6.07) is 19.9. The van der Waals surface area contributed by atoms with E-state index in [1.165, 1.54) is 11.3 Å². The van der Waals surface area contributed by atoms with Gasteiger partial charge in [0.25, 0.3) is 5.78 Å². The number of thiazole rings is 1. The predicted molar refractivity (Wildman–Crippen MR) is 88.1 cm³/mol. The Bertz CT molecular complexity index is 958. The van der Waals surface area contributed by atoms with Gasteiger partial charge in [-0.25, -0.2) is 4.98 Å². The molecule has 0 amide bonds. The van der Waals surface area contributed by atoms with Crippen LogP contribution in [0, 0.1) is 0 Å². The fourth-order valence-corrected chi connectivity index (χ4v) is 3.47. The average Bonchev–Trinajstić information content (AvgIpc) is 2.99. The van der Waals surface area contributed by atoms with E-state index in [-0.39, 0.29) is 22.8 Å². The first-order chi connectivity index (χ1) is 10.8. The number of nitrogens with zero attached hydrogens (tertiary/aromatic N) is 2. The number of aromatic nitrogens is 2. The highest BCUT2D eigenvalue weighted by Crippen LogP contribution is 2.22. The van der Waals surface area contributed by atoms with E-state index in [0.29, 0.717) is 11.6 Å². The van der Waals surface area contributed by atoms with Gasteiger partial charge in [-0.2, -0.15) is 4.57 Å². The lowest BCUT2D eigenvalue weighted by Crippen LogP contribution is -3.00. The molecule has 2 aromatic carbocycles. The predicted octanol–water partition coefficient (Wildman–Crippen LogP) is 0.624. The highest BCUT2D eigenvalue weighted by molar-refractivity contribution is 7.20.